The molecule has 1 saturated carbocycles. The van der Waals surface area contributed by atoms with E-state index in [4.69, 9.17) is 5.73 Å². The van der Waals surface area contributed by atoms with E-state index in [1.165, 1.54) is 6.07 Å². The summed E-state index contributed by atoms with van der Waals surface area (Å²) in [7, 11) is 0. The van der Waals surface area contributed by atoms with Crippen LogP contribution in [0.25, 0.3) is 0 Å². The highest BCUT2D eigenvalue weighted by atomic mass is 19.1. The van der Waals surface area contributed by atoms with Gasteiger partial charge in [0.2, 0.25) is 5.91 Å². The third-order valence-electron chi connectivity index (χ3n) is 5.31. The van der Waals surface area contributed by atoms with Crippen molar-refractivity contribution < 1.29 is 9.18 Å². The molecule has 3 rings (SSSR count). The fourth-order valence-corrected chi connectivity index (χ4v) is 4.18. The molecule has 4 heteroatoms. The van der Waals surface area contributed by atoms with E-state index in [1.807, 2.05) is 11.0 Å². The van der Waals surface area contributed by atoms with Gasteiger partial charge in [0, 0.05) is 12.5 Å². The molecule has 1 amide bonds. The lowest BCUT2D eigenvalue weighted by molar-refractivity contribution is -0.137. The Morgan fingerprint density at radius 3 is 2.95 bits per heavy atom. The number of likely N-dealkylation sites (tertiary alicyclic amines) is 1. The van der Waals surface area contributed by atoms with Crippen LogP contribution in [0.5, 0.6) is 0 Å². The minimum absolute atomic E-state index is 0.0113. The number of carbonyl (C=O) groups excluding carboxylic acids is 1. The number of amides is 1. The SMILES string of the molecule is CC1CC(c2cccc(F)c2)N(C(=O)[C@@H]2CCC[C@@H]2CN)C1. The summed E-state index contributed by atoms with van der Waals surface area (Å²) in [6.45, 7) is 3.52. The zero-order chi connectivity index (χ0) is 15.7. The van der Waals surface area contributed by atoms with Gasteiger partial charge in [0.25, 0.3) is 0 Å². The molecule has 1 aliphatic heterocycles. The largest absolute Gasteiger partial charge is 0.335 e. The Morgan fingerprint density at radius 1 is 1.41 bits per heavy atom. The molecular weight excluding hydrogens is 279 g/mol. The van der Waals surface area contributed by atoms with E-state index in [1.54, 1.807) is 12.1 Å². The van der Waals surface area contributed by atoms with Gasteiger partial charge >= 0.3 is 0 Å². The van der Waals surface area contributed by atoms with Crippen molar-refractivity contribution in [2.75, 3.05) is 13.1 Å². The Labute approximate surface area is 131 Å². The minimum atomic E-state index is -0.231. The minimum Gasteiger partial charge on any atom is -0.335 e. The second kappa shape index (κ2) is 6.37. The molecule has 4 atom stereocenters. The molecule has 0 radical (unpaired) electrons. The average molecular weight is 304 g/mol. The summed E-state index contributed by atoms with van der Waals surface area (Å²) in [5.74, 6) is 0.828. The molecule has 0 spiro atoms. The summed E-state index contributed by atoms with van der Waals surface area (Å²) in [5.41, 5.74) is 6.75. The predicted molar refractivity (Wildman–Crippen MR) is 84.5 cm³/mol. The molecule has 1 aliphatic carbocycles. The zero-order valence-electron chi connectivity index (χ0n) is 13.2. The third kappa shape index (κ3) is 2.89. The first-order chi connectivity index (χ1) is 10.6. The first kappa shape index (κ1) is 15.5. The summed E-state index contributed by atoms with van der Waals surface area (Å²) in [4.78, 5) is 15.0. The van der Waals surface area contributed by atoms with Crippen molar-refractivity contribution in [3.8, 4) is 0 Å². The quantitative estimate of drug-likeness (QED) is 0.932. The van der Waals surface area contributed by atoms with E-state index in [0.29, 0.717) is 18.4 Å². The molecule has 1 aromatic carbocycles. The molecule has 2 aliphatic rings. The van der Waals surface area contributed by atoms with E-state index < -0.39 is 0 Å². The van der Waals surface area contributed by atoms with Crippen LogP contribution in [0.3, 0.4) is 0 Å². The van der Waals surface area contributed by atoms with Crippen molar-refractivity contribution in [2.24, 2.45) is 23.5 Å². The number of carbonyl (C=O) groups is 1. The van der Waals surface area contributed by atoms with Gasteiger partial charge in [-0.1, -0.05) is 25.5 Å². The molecule has 2 unspecified atom stereocenters. The van der Waals surface area contributed by atoms with Gasteiger partial charge in [-0.15, -0.1) is 0 Å². The highest BCUT2D eigenvalue weighted by molar-refractivity contribution is 5.80. The Bertz CT molecular complexity index is 548. The van der Waals surface area contributed by atoms with Crippen molar-refractivity contribution in [1.82, 2.24) is 4.90 Å². The molecular formula is C18H25FN2O. The average Bonchev–Trinajstić information content (AvgIpc) is 3.12. The summed E-state index contributed by atoms with van der Waals surface area (Å²) < 4.78 is 13.5. The molecule has 1 aromatic rings. The molecule has 3 nitrogen and oxygen atoms in total. The van der Waals surface area contributed by atoms with Crippen LogP contribution in [0.2, 0.25) is 0 Å². The normalized spacial score (nSPS) is 31.7. The van der Waals surface area contributed by atoms with Crippen molar-refractivity contribution >= 4 is 5.91 Å². The van der Waals surface area contributed by atoms with Crippen LogP contribution < -0.4 is 5.73 Å². The van der Waals surface area contributed by atoms with Crippen LogP contribution in [0.15, 0.2) is 24.3 Å². The molecule has 2 N–H and O–H groups in total. The Hall–Kier alpha value is -1.42. The van der Waals surface area contributed by atoms with Gasteiger partial charge in [0.15, 0.2) is 0 Å². The van der Waals surface area contributed by atoms with Gasteiger partial charge < -0.3 is 10.6 Å². The van der Waals surface area contributed by atoms with E-state index in [-0.39, 0.29) is 23.7 Å². The number of halogens is 1. The number of hydrogen-bond acceptors (Lipinski definition) is 2. The Morgan fingerprint density at radius 2 is 2.23 bits per heavy atom. The molecule has 2 fully saturated rings. The van der Waals surface area contributed by atoms with Crippen molar-refractivity contribution in [3.05, 3.63) is 35.6 Å². The summed E-state index contributed by atoms with van der Waals surface area (Å²) in [6, 6.07) is 6.70. The van der Waals surface area contributed by atoms with Crippen molar-refractivity contribution in [2.45, 2.75) is 38.6 Å². The standard InChI is InChI=1S/C18H25FN2O/c1-12-8-17(13-4-2-6-15(19)9-13)21(11-12)18(22)16-7-3-5-14(16)10-20/h2,4,6,9,12,14,16-17H,3,5,7-8,10-11,20H2,1H3/t12?,14-,16-,17?/m1/s1. The topological polar surface area (TPSA) is 46.3 Å². The lowest BCUT2D eigenvalue weighted by Gasteiger charge is -2.30. The second-order valence-corrected chi connectivity index (χ2v) is 6.94. The zero-order valence-corrected chi connectivity index (χ0v) is 13.2. The first-order valence-electron chi connectivity index (χ1n) is 8.36. The predicted octanol–water partition coefficient (Wildman–Crippen LogP) is 3.11. The van der Waals surface area contributed by atoms with Gasteiger partial charge in [0.1, 0.15) is 5.82 Å². The number of rotatable bonds is 3. The monoisotopic (exact) mass is 304 g/mol. The molecule has 0 aromatic heterocycles. The summed E-state index contributed by atoms with van der Waals surface area (Å²) >= 11 is 0. The second-order valence-electron chi connectivity index (χ2n) is 6.94. The van der Waals surface area contributed by atoms with E-state index in [9.17, 15) is 9.18 Å². The van der Waals surface area contributed by atoms with Crippen LogP contribution in [0, 0.1) is 23.6 Å². The Kier molecular flexibility index (Phi) is 4.48. The maximum Gasteiger partial charge on any atom is 0.226 e. The summed E-state index contributed by atoms with van der Waals surface area (Å²) in [6.07, 6.45) is 4.00. The van der Waals surface area contributed by atoms with Crippen molar-refractivity contribution in [3.63, 3.8) is 0 Å². The highest BCUT2D eigenvalue weighted by Gasteiger charge is 2.40. The van der Waals surface area contributed by atoms with Crippen LogP contribution in [0.4, 0.5) is 4.39 Å². The highest BCUT2D eigenvalue weighted by Crippen LogP contribution is 2.40. The van der Waals surface area contributed by atoms with Crippen LogP contribution in [-0.4, -0.2) is 23.9 Å². The van der Waals surface area contributed by atoms with Crippen molar-refractivity contribution in [1.29, 1.82) is 0 Å². The summed E-state index contributed by atoms with van der Waals surface area (Å²) in [5, 5.41) is 0. The fraction of sp³-hybridized carbons (Fsp3) is 0.611. The number of nitrogens with zero attached hydrogens (tertiary/aromatic N) is 1. The van der Waals surface area contributed by atoms with Gasteiger partial charge in [-0.05, 0) is 55.3 Å². The number of nitrogens with two attached hydrogens (primary N) is 1. The maximum absolute atomic E-state index is 13.5. The lowest BCUT2D eigenvalue weighted by atomic mass is 9.93. The molecule has 0 bridgehead atoms. The molecule has 1 saturated heterocycles. The fourth-order valence-electron chi connectivity index (χ4n) is 4.18. The van der Waals surface area contributed by atoms with Crippen LogP contribution in [-0.2, 0) is 4.79 Å². The number of benzene rings is 1. The maximum atomic E-state index is 13.5. The smallest absolute Gasteiger partial charge is 0.226 e. The van der Waals surface area contributed by atoms with E-state index in [2.05, 4.69) is 6.92 Å². The number of hydrogen-bond donors (Lipinski definition) is 1. The third-order valence-corrected chi connectivity index (χ3v) is 5.31. The first-order valence-corrected chi connectivity index (χ1v) is 8.36. The van der Waals surface area contributed by atoms with E-state index >= 15 is 0 Å². The lowest BCUT2D eigenvalue weighted by Crippen LogP contribution is -2.39. The van der Waals surface area contributed by atoms with E-state index in [0.717, 1.165) is 37.8 Å². The molecule has 120 valence electrons. The van der Waals surface area contributed by atoms with Gasteiger partial charge in [-0.25, -0.2) is 4.39 Å². The molecule has 22 heavy (non-hydrogen) atoms. The van der Waals surface area contributed by atoms with Crippen LogP contribution in [0.1, 0.15) is 44.2 Å². The van der Waals surface area contributed by atoms with Gasteiger partial charge in [-0.3, -0.25) is 4.79 Å². The van der Waals surface area contributed by atoms with Gasteiger partial charge in [0.05, 0.1) is 6.04 Å². The van der Waals surface area contributed by atoms with Gasteiger partial charge in [-0.2, -0.15) is 0 Å². The molecule has 1 heterocycles. The van der Waals surface area contributed by atoms with Crippen LogP contribution >= 0.6 is 0 Å². The Balaban J connectivity index is 1.83.